The molecule has 0 bridgehead atoms. The number of ether oxygens (including phenoxy) is 4. The molecule has 0 saturated carbocycles. The van der Waals surface area contributed by atoms with Gasteiger partial charge in [-0.15, -0.1) is 0 Å². The van der Waals surface area contributed by atoms with E-state index < -0.39 is 6.10 Å². The summed E-state index contributed by atoms with van der Waals surface area (Å²) in [5, 5.41) is 0. The van der Waals surface area contributed by atoms with Gasteiger partial charge in [0.05, 0.1) is 33.0 Å². The molecule has 1 heterocycles. The molecule has 0 aromatic heterocycles. The zero-order valence-corrected chi connectivity index (χ0v) is 11.8. The Hall–Kier alpha value is -2.01. The maximum absolute atomic E-state index is 11.9. The summed E-state index contributed by atoms with van der Waals surface area (Å²) in [5.74, 6) is 0.965. The first-order valence-corrected chi connectivity index (χ1v) is 6.42. The van der Waals surface area contributed by atoms with Gasteiger partial charge in [-0.05, 0) is 31.2 Å². The fraction of sp³-hybridized carbons (Fsp3) is 0.400. The zero-order valence-electron chi connectivity index (χ0n) is 11.8. The second-order valence-electron chi connectivity index (χ2n) is 4.20. The van der Waals surface area contributed by atoms with Crippen molar-refractivity contribution in [2.45, 2.75) is 13.0 Å². The van der Waals surface area contributed by atoms with Crippen molar-refractivity contribution in [2.75, 3.05) is 27.4 Å². The van der Waals surface area contributed by atoms with Crippen LogP contribution in [0.1, 0.15) is 18.6 Å². The number of carbonyl (C=O) groups is 1. The normalized spacial score (nSPS) is 17.6. The van der Waals surface area contributed by atoms with E-state index in [4.69, 9.17) is 18.9 Å². The molecule has 0 N–H and O–H groups in total. The topological polar surface area (TPSA) is 54.0 Å². The summed E-state index contributed by atoms with van der Waals surface area (Å²) in [5.41, 5.74) is 1.25. The molecule has 0 amide bonds. The van der Waals surface area contributed by atoms with E-state index in [1.165, 1.54) is 0 Å². The maximum Gasteiger partial charge on any atom is 0.336 e. The highest BCUT2D eigenvalue weighted by atomic mass is 16.5. The monoisotopic (exact) mass is 278 g/mol. The van der Waals surface area contributed by atoms with Crippen molar-refractivity contribution >= 4 is 5.97 Å². The van der Waals surface area contributed by atoms with Gasteiger partial charge in [0.1, 0.15) is 17.6 Å². The maximum atomic E-state index is 11.9. The van der Waals surface area contributed by atoms with E-state index in [9.17, 15) is 4.79 Å². The molecule has 1 aromatic rings. The van der Waals surface area contributed by atoms with Crippen LogP contribution >= 0.6 is 0 Å². The SMILES string of the molecule is CCOC(=O)C1=CCOC1c1cc(OC)ccc1OC. The number of methoxy groups -OCH3 is 2. The van der Waals surface area contributed by atoms with Crippen LogP contribution in [0.2, 0.25) is 0 Å². The lowest BCUT2D eigenvalue weighted by molar-refractivity contribution is -0.139. The number of carbonyl (C=O) groups excluding carboxylic acids is 1. The van der Waals surface area contributed by atoms with Crippen molar-refractivity contribution in [3.8, 4) is 11.5 Å². The second kappa shape index (κ2) is 6.43. The van der Waals surface area contributed by atoms with Crippen LogP contribution in [0.5, 0.6) is 11.5 Å². The molecule has 20 heavy (non-hydrogen) atoms. The van der Waals surface area contributed by atoms with Crippen molar-refractivity contribution in [1.82, 2.24) is 0 Å². The highest BCUT2D eigenvalue weighted by Crippen LogP contribution is 2.38. The molecule has 108 valence electrons. The summed E-state index contributed by atoms with van der Waals surface area (Å²) in [4.78, 5) is 11.9. The Labute approximate surface area is 118 Å². The largest absolute Gasteiger partial charge is 0.497 e. The number of hydrogen-bond acceptors (Lipinski definition) is 5. The fourth-order valence-electron chi connectivity index (χ4n) is 2.14. The molecule has 1 aliphatic heterocycles. The minimum absolute atomic E-state index is 0.331. The quantitative estimate of drug-likeness (QED) is 0.773. The van der Waals surface area contributed by atoms with E-state index in [2.05, 4.69) is 0 Å². The lowest BCUT2D eigenvalue weighted by Crippen LogP contribution is -2.14. The van der Waals surface area contributed by atoms with E-state index in [1.807, 2.05) is 6.07 Å². The third-order valence-electron chi connectivity index (χ3n) is 3.08. The highest BCUT2D eigenvalue weighted by Gasteiger charge is 2.31. The van der Waals surface area contributed by atoms with Crippen LogP contribution in [0, 0.1) is 0 Å². The van der Waals surface area contributed by atoms with Gasteiger partial charge in [-0.1, -0.05) is 0 Å². The third-order valence-corrected chi connectivity index (χ3v) is 3.08. The number of esters is 1. The predicted octanol–water partition coefficient (Wildman–Crippen LogP) is 2.26. The van der Waals surface area contributed by atoms with Gasteiger partial charge in [-0.2, -0.15) is 0 Å². The van der Waals surface area contributed by atoms with Crippen LogP contribution in [0.15, 0.2) is 29.8 Å². The molecule has 1 atom stereocenters. The molecule has 1 aromatic carbocycles. The molecule has 0 saturated heterocycles. The average molecular weight is 278 g/mol. The third kappa shape index (κ3) is 2.77. The first kappa shape index (κ1) is 14.4. The van der Waals surface area contributed by atoms with Gasteiger partial charge in [0.15, 0.2) is 0 Å². The Bertz CT molecular complexity index is 521. The first-order valence-electron chi connectivity index (χ1n) is 6.42. The number of hydrogen-bond donors (Lipinski definition) is 0. The van der Waals surface area contributed by atoms with E-state index in [0.29, 0.717) is 30.3 Å². The number of benzene rings is 1. The van der Waals surface area contributed by atoms with E-state index >= 15 is 0 Å². The summed E-state index contributed by atoms with van der Waals surface area (Å²) >= 11 is 0. The summed E-state index contributed by atoms with van der Waals surface area (Å²) < 4.78 is 21.2. The van der Waals surface area contributed by atoms with E-state index in [-0.39, 0.29) is 5.97 Å². The van der Waals surface area contributed by atoms with Crippen LogP contribution in [-0.4, -0.2) is 33.4 Å². The van der Waals surface area contributed by atoms with Crippen molar-refractivity contribution < 1.29 is 23.7 Å². The molecule has 0 radical (unpaired) electrons. The van der Waals surface area contributed by atoms with E-state index in [1.54, 1.807) is 39.4 Å². The molecular weight excluding hydrogens is 260 g/mol. The first-order chi connectivity index (χ1) is 9.71. The van der Waals surface area contributed by atoms with Gasteiger partial charge < -0.3 is 18.9 Å². The lowest BCUT2D eigenvalue weighted by Gasteiger charge is -2.18. The number of rotatable bonds is 5. The van der Waals surface area contributed by atoms with Crippen molar-refractivity contribution in [1.29, 1.82) is 0 Å². The summed E-state index contributed by atoms with van der Waals surface area (Å²) in [6, 6.07) is 5.39. The minimum Gasteiger partial charge on any atom is -0.497 e. The van der Waals surface area contributed by atoms with Crippen molar-refractivity contribution in [3.05, 3.63) is 35.4 Å². The van der Waals surface area contributed by atoms with Gasteiger partial charge in [0.25, 0.3) is 0 Å². The summed E-state index contributed by atoms with van der Waals surface area (Å²) in [6.07, 6.45) is 1.25. The van der Waals surface area contributed by atoms with E-state index in [0.717, 1.165) is 5.56 Å². The molecule has 5 nitrogen and oxygen atoms in total. The fourth-order valence-corrected chi connectivity index (χ4v) is 2.14. The Kier molecular flexibility index (Phi) is 4.63. The molecule has 2 rings (SSSR count). The van der Waals surface area contributed by atoms with Crippen LogP contribution in [0.4, 0.5) is 0 Å². The average Bonchev–Trinajstić information content (AvgIpc) is 2.96. The highest BCUT2D eigenvalue weighted by molar-refractivity contribution is 5.90. The Morgan fingerprint density at radius 2 is 2.15 bits per heavy atom. The molecule has 1 unspecified atom stereocenters. The molecule has 0 fully saturated rings. The molecular formula is C15H18O5. The molecule has 0 spiro atoms. The molecule has 1 aliphatic rings. The second-order valence-corrected chi connectivity index (χ2v) is 4.20. The zero-order chi connectivity index (χ0) is 14.5. The Morgan fingerprint density at radius 3 is 2.80 bits per heavy atom. The van der Waals surface area contributed by atoms with Gasteiger partial charge in [-0.25, -0.2) is 4.79 Å². The van der Waals surface area contributed by atoms with Gasteiger partial charge >= 0.3 is 5.97 Å². The summed E-state index contributed by atoms with van der Waals surface area (Å²) in [7, 11) is 3.16. The van der Waals surface area contributed by atoms with Gasteiger partial charge in [0, 0.05) is 5.56 Å². The standard InChI is InChI=1S/C15H18O5/c1-4-19-15(16)11-7-8-20-14(11)12-9-10(17-2)5-6-13(12)18-3/h5-7,9,14H,4,8H2,1-3H3. The van der Waals surface area contributed by atoms with Gasteiger partial charge in [-0.3, -0.25) is 0 Å². The van der Waals surface area contributed by atoms with Crippen LogP contribution < -0.4 is 9.47 Å². The lowest BCUT2D eigenvalue weighted by atomic mass is 10.0. The Morgan fingerprint density at radius 1 is 1.35 bits per heavy atom. The van der Waals surface area contributed by atoms with Gasteiger partial charge in [0.2, 0.25) is 0 Å². The van der Waals surface area contributed by atoms with Crippen molar-refractivity contribution in [3.63, 3.8) is 0 Å². The van der Waals surface area contributed by atoms with Crippen LogP contribution in [-0.2, 0) is 14.3 Å². The van der Waals surface area contributed by atoms with Crippen LogP contribution in [0.25, 0.3) is 0 Å². The predicted molar refractivity (Wildman–Crippen MR) is 73.0 cm³/mol. The Balaban J connectivity index is 2.35. The van der Waals surface area contributed by atoms with Crippen LogP contribution in [0.3, 0.4) is 0 Å². The minimum atomic E-state index is -0.487. The van der Waals surface area contributed by atoms with Crippen molar-refractivity contribution in [2.24, 2.45) is 0 Å². The summed E-state index contributed by atoms with van der Waals surface area (Å²) in [6.45, 7) is 2.48. The molecule has 0 aliphatic carbocycles. The molecule has 5 heteroatoms. The smallest absolute Gasteiger partial charge is 0.336 e.